The number of hydrogen-bond donors (Lipinski definition) is 2. The number of aromatic nitrogens is 2. The van der Waals surface area contributed by atoms with Crippen molar-refractivity contribution in [2.75, 3.05) is 0 Å². The fraction of sp³-hybridized carbons (Fsp3) is 0.154. The number of thiol groups is 1. The standard InChI is InChI=1S/C13H12Cl2NOS.C7H5Cl3.C6H7ClNO.ClH.3Na.H2O.H2S/c1-9-4-3-7-16(17)13(9)18-8-10-11(14)5-2-6-12(10)15;8-4-5-6(9)2-1-3-7(5)10;1-5-3-2-4-8(9)6(5)7;;;;;;/h2-7,17H,8H2,1H3;1-3H,4H2;2-4,9H,1H3;1H;;;;2*1H2/q+1;;+1;;3*+1;;/p-2. The topological polar surface area (TPSA) is 78.2 Å². The van der Waals surface area contributed by atoms with Gasteiger partial charge in [0.05, 0.1) is 5.88 Å². The molecule has 220 valence electrons. The molecule has 5 nitrogen and oxygen atoms in total. The third kappa shape index (κ3) is 18.4. The molecule has 0 bridgehead atoms. The van der Waals surface area contributed by atoms with Crippen molar-refractivity contribution >= 4 is 107 Å². The Balaban J connectivity index is -0.000000168. The van der Waals surface area contributed by atoms with Gasteiger partial charge in [-0.2, -0.15) is 0 Å². The van der Waals surface area contributed by atoms with Crippen molar-refractivity contribution in [1.29, 1.82) is 0 Å². The van der Waals surface area contributed by atoms with E-state index in [1.165, 1.54) is 18.0 Å². The predicted octanol–water partition coefficient (Wildman–Crippen LogP) is 0.0112. The summed E-state index contributed by atoms with van der Waals surface area (Å²) < 4.78 is 2.00. The van der Waals surface area contributed by atoms with Crippen molar-refractivity contribution in [2.45, 2.75) is 30.5 Å². The molecule has 0 saturated carbocycles. The molecule has 3 N–H and O–H groups in total. The first-order chi connectivity index (χ1) is 17.6. The number of aryl methyl sites for hydroxylation is 2. The molecule has 0 atom stereocenters. The Hall–Kier alpha value is 2.03. The SMILES string of the molecule is Cc1ccc[n+](O)c1Cl.Cc1ccc[n+](O)c1SCc1c(Cl)cccc1Cl.Cl.ClCc1c(Cl)cccc1Cl.[Na+].[Na+].[Na+].[OH-].[SH-]. The maximum Gasteiger partial charge on any atom is 1.00 e. The van der Waals surface area contributed by atoms with Crippen molar-refractivity contribution in [2.24, 2.45) is 0 Å². The minimum absolute atomic E-state index is 0. The van der Waals surface area contributed by atoms with Gasteiger partial charge in [0.1, 0.15) is 0 Å². The maximum atomic E-state index is 9.74. The van der Waals surface area contributed by atoms with E-state index < -0.39 is 0 Å². The Morgan fingerprint density at radius 1 is 0.651 bits per heavy atom. The van der Waals surface area contributed by atoms with E-state index in [0.29, 0.717) is 36.9 Å². The van der Waals surface area contributed by atoms with Crippen LogP contribution in [0.2, 0.25) is 25.2 Å². The van der Waals surface area contributed by atoms with Gasteiger partial charge in [-0.25, -0.2) is 0 Å². The van der Waals surface area contributed by atoms with Gasteiger partial charge >= 0.3 is 93.8 Å². The van der Waals surface area contributed by atoms with Crippen LogP contribution in [0.1, 0.15) is 22.3 Å². The van der Waals surface area contributed by atoms with Crippen LogP contribution in [-0.4, -0.2) is 15.9 Å². The average Bonchev–Trinajstić information content (AvgIpc) is 2.85. The summed E-state index contributed by atoms with van der Waals surface area (Å²) in [4.78, 5) is 0. The van der Waals surface area contributed by atoms with Crippen LogP contribution in [0.5, 0.6) is 0 Å². The van der Waals surface area contributed by atoms with Crippen molar-refractivity contribution in [1.82, 2.24) is 0 Å². The first-order valence-corrected chi connectivity index (χ1v) is 14.1. The molecule has 43 heavy (non-hydrogen) atoms. The first-order valence-electron chi connectivity index (χ1n) is 10.7. The fourth-order valence-electron chi connectivity index (χ4n) is 2.82. The van der Waals surface area contributed by atoms with Crippen molar-refractivity contribution in [3.8, 4) is 0 Å². The van der Waals surface area contributed by atoms with E-state index in [9.17, 15) is 5.21 Å². The molecule has 0 amide bonds. The second-order valence-electron chi connectivity index (χ2n) is 7.49. The molecule has 0 unspecified atom stereocenters. The number of rotatable bonds is 4. The molecule has 0 aliphatic heterocycles. The average molecular weight is 797 g/mol. The summed E-state index contributed by atoms with van der Waals surface area (Å²) in [5.74, 6) is 0.975. The molecular formula is C26H27Cl7N2Na3O3S2+3. The number of halogens is 7. The minimum Gasteiger partial charge on any atom is -0.870 e. The molecule has 0 radical (unpaired) electrons. The largest absolute Gasteiger partial charge is 1.00 e. The van der Waals surface area contributed by atoms with Crippen LogP contribution in [0.4, 0.5) is 0 Å². The Labute approximate surface area is 366 Å². The number of thioether (sulfide) groups is 1. The van der Waals surface area contributed by atoms with Gasteiger partial charge in [0.25, 0.3) is 5.03 Å². The monoisotopic (exact) mass is 793 g/mol. The maximum absolute atomic E-state index is 9.74. The van der Waals surface area contributed by atoms with Crippen molar-refractivity contribution in [3.63, 3.8) is 0 Å². The smallest absolute Gasteiger partial charge is 0.870 e. The number of hydrogen-bond acceptors (Lipinski definition) is 5. The van der Waals surface area contributed by atoms with Gasteiger partial charge in [-0.15, -0.1) is 24.0 Å². The van der Waals surface area contributed by atoms with Crippen LogP contribution in [-0.2, 0) is 25.1 Å². The van der Waals surface area contributed by atoms with E-state index >= 15 is 0 Å². The van der Waals surface area contributed by atoms with E-state index in [0.717, 1.165) is 36.7 Å². The number of pyridine rings is 2. The van der Waals surface area contributed by atoms with Crippen LogP contribution < -0.4 is 98.1 Å². The summed E-state index contributed by atoms with van der Waals surface area (Å²) >= 11 is 36.4. The van der Waals surface area contributed by atoms with Crippen LogP contribution in [0, 0.1) is 13.8 Å². The van der Waals surface area contributed by atoms with E-state index in [1.54, 1.807) is 36.5 Å². The Kier molecular flexibility index (Phi) is 36.7. The van der Waals surface area contributed by atoms with E-state index in [2.05, 4.69) is 0 Å². The van der Waals surface area contributed by atoms with Gasteiger partial charge in [-0.1, -0.05) is 58.5 Å². The zero-order chi connectivity index (χ0) is 27.5. The van der Waals surface area contributed by atoms with Crippen LogP contribution in [0.3, 0.4) is 0 Å². The quantitative estimate of drug-likeness (QED) is 0.0446. The van der Waals surface area contributed by atoms with Gasteiger partial charge in [0, 0.05) is 64.1 Å². The Morgan fingerprint density at radius 3 is 1.40 bits per heavy atom. The number of benzene rings is 2. The molecule has 0 spiro atoms. The molecule has 0 saturated heterocycles. The van der Waals surface area contributed by atoms with E-state index in [1.807, 2.05) is 44.2 Å². The Morgan fingerprint density at radius 2 is 1.05 bits per heavy atom. The van der Waals surface area contributed by atoms with Crippen LogP contribution in [0.25, 0.3) is 0 Å². The summed E-state index contributed by atoms with van der Waals surface area (Å²) in [5.41, 5.74) is 3.55. The van der Waals surface area contributed by atoms with Crippen molar-refractivity contribution < 1.29 is 114 Å². The molecule has 4 rings (SSSR count). The van der Waals surface area contributed by atoms with Gasteiger partial charge in [-0.05, 0) is 79.2 Å². The zero-order valence-corrected chi connectivity index (χ0v) is 37.2. The van der Waals surface area contributed by atoms with E-state index in [-0.39, 0.29) is 120 Å². The minimum atomic E-state index is 0. The molecule has 17 heteroatoms. The normalized spacial score (nSPS) is 8.74. The summed E-state index contributed by atoms with van der Waals surface area (Å²) in [6, 6.07) is 18.1. The fourth-order valence-corrected chi connectivity index (χ4v) is 5.67. The zero-order valence-electron chi connectivity index (χ0n) is 24.1. The molecule has 2 heterocycles. The third-order valence-electron chi connectivity index (χ3n) is 4.83. The second kappa shape index (κ2) is 29.0. The first kappa shape index (κ1) is 54.5. The van der Waals surface area contributed by atoms with Crippen molar-refractivity contribution in [3.05, 3.63) is 121 Å². The summed E-state index contributed by atoms with van der Waals surface area (Å²) in [6.07, 6.45) is 3.08. The van der Waals surface area contributed by atoms with Gasteiger partial charge in [0.15, 0.2) is 0 Å². The molecule has 0 aliphatic rings. The van der Waals surface area contributed by atoms with Gasteiger partial charge in [-0.3, -0.25) is 10.4 Å². The van der Waals surface area contributed by atoms with Crippen LogP contribution >= 0.6 is 93.8 Å². The second-order valence-corrected chi connectivity index (χ2v) is 10.7. The van der Waals surface area contributed by atoms with Gasteiger partial charge < -0.3 is 19.0 Å². The Bertz CT molecular complexity index is 1240. The van der Waals surface area contributed by atoms with Gasteiger partial charge in [0.2, 0.25) is 12.4 Å². The molecule has 0 aliphatic carbocycles. The predicted molar refractivity (Wildman–Crippen MR) is 172 cm³/mol. The number of nitrogens with zero attached hydrogens (tertiary/aromatic N) is 2. The molecular weight excluding hydrogens is 770 g/mol. The van der Waals surface area contributed by atoms with Crippen LogP contribution in [0.15, 0.2) is 78.1 Å². The molecule has 4 aromatic rings. The molecule has 2 aromatic carbocycles. The summed E-state index contributed by atoms with van der Waals surface area (Å²) in [6.45, 7) is 3.78. The molecule has 0 fully saturated rings. The third-order valence-corrected chi connectivity index (χ3v) is 8.20. The summed E-state index contributed by atoms with van der Waals surface area (Å²) in [7, 11) is 0. The molecule has 2 aromatic heterocycles. The summed E-state index contributed by atoms with van der Waals surface area (Å²) in [5, 5.41) is 22.3. The van der Waals surface area contributed by atoms with E-state index in [4.69, 9.17) is 74.8 Å². The number of alkyl halides is 1.